The van der Waals surface area contributed by atoms with E-state index >= 15 is 0 Å². The number of aromatic nitrogens is 2. The van der Waals surface area contributed by atoms with Crippen molar-refractivity contribution in [2.24, 2.45) is 9.98 Å². The average molecular weight is 587 g/mol. The van der Waals surface area contributed by atoms with E-state index in [0.717, 1.165) is 11.3 Å². The van der Waals surface area contributed by atoms with Crippen molar-refractivity contribution in [2.45, 2.75) is 24.8 Å². The number of hydrogen-bond donors (Lipinski definition) is 1. The molecule has 1 atom stereocenters. The lowest BCUT2D eigenvalue weighted by Crippen LogP contribution is -2.42. The third-order valence-electron chi connectivity index (χ3n) is 6.60. The van der Waals surface area contributed by atoms with E-state index in [1.165, 1.54) is 33.3 Å². The van der Waals surface area contributed by atoms with Crippen LogP contribution >= 0.6 is 23.4 Å². The molecule has 41 heavy (non-hydrogen) atoms. The van der Waals surface area contributed by atoms with Crippen LogP contribution in [-0.2, 0) is 21.9 Å². The van der Waals surface area contributed by atoms with Crippen LogP contribution in [0.3, 0.4) is 0 Å². The minimum Gasteiger partial charge on any atom is -0.497 e. The van der Waals surface area contributed by atoms with E-state index in [9.17, 15) is 14.4 Å². The van der Waals surface area contributed by atoms with E-state index in [-0.39, 0.29) is 23.8 Å². The maximum absolute atomic E-state index is 13.6. The van der Waals surface area contributed by atoms with E-state index in [0.29, 0.717) is 50.9 Å². The summed E-state index contributed by atoms with van der Waals surface area (Å²) in [6.45, 7) is 0.320. The van der Waals surface area contributed by atoms with E-state index in [4.69, 9.17) is 21.3 Å². The summed E-state index contributed by atoms with van der Waals surface area (Å²) in [6.07, 6.45) is 1.42. The quantitative estimate of drug-likeness (QED) is 0.350. The number of carbonyl (C=O) groups is 2. The number of ether oxygens (including phenoxy) is 1. The third-order valence-corrected chi connectivity index (χ3v) is 7.80. The van der Waals surface area contributed by atoms with Crippen LogP contribution in [0.25, 0.3) is 5.65 Å². The molecule has 12 heteroatoms. The van der Waals surface area contributed by atoms with E-state index in [1.54, 1.807) is 19.2 Å². The minimum atomic E-state index is -0.883. The normalized spacial score (nSPS) is 15.7. The standard InChI is InChI=1S/C29H23ClN6O4S/c1-40-20-9-6-17(7-10-20)14-31-25(37)13-23-28(39)36-27(33-23)21-4-2-3-5-22(21)34-29(36)41-16-19-12-26(38)35-15-18(30)8-11-24(35)32-19/h2-12,15,23H,13-14,16H2,1H3,(H,31,37)/t23-/m0/s1. The van der Waals surface area contributed by atoms with Gasteiger partial charge in [-0.2, -0.15) is 0 Å². The number of nitrogens with zero attached hydrogens (tertiary/aromatic N) is 5. The van der Waals surface area contributed by atoms with Gasteiger partial charge in [0.15, 0.2) is 5.17 Å². The van der Waals surface area contributed by atoms with Gasteiger partial charge in [-0.3, -0.25) is 23.8 Å². The highest BCUT2D eigenvalue weighted by molar-refractivity contribution is 8.13. The molecule has 10 nitrogen and oxygen atoms in total. The van der Waals surface area contributed by atoms with E-state index < -0.39 is 6.04 Å². The Balaban J connectivity index is 1.19. The molecule has 206 valence electrons. The number of thioether (sulfide) groups is 1. The van der Waals surface area contributed by atoms with Crippen molar-refractivity contribution >= 4 is 57.5 Å². The first kappa shape index (κ1) is 26.7. The Bertz CT molecular complexity index is 1800. The van der Waals surface area contributed by atoms with Gasteiger partial charge in [0, 0.05) is 30.1 Å². The van der Waals surface area contributed by atoms with Crippen LogP contribution < -0.4 is 15.6 Å². The number of carbonyl (C=O) groups excluding carboxylic acids is 2. The summed E-state index contributed by atoms with van der Waals surface area (Å²) in [7, 11) is 1.59. The number of rotatable bonds is 7. The predicted octanol–water partition coefficient (Wildman–Crippen LogP) is 3.95. The number of halogens is 1. The molecular weight excluding hydrogens is 564 g/mol. The molecule has 0 saturated heterocycles. The van der Waals surface area contributed by atoms with Crippen molar-refractivity contribution < 1.29 is 14.3 Å². The second kappa shape index (κ2) is 11.2. The summed E-state index contributed by atoms with van der Waals surface area (Å²) in [5.74, 6) is 0.857. The Morgan fingerprint density at radius 2 is 1.90 bits per heavy atom. The lowest BCUT2D eigenvalue weighted by Gasteiger charge is -2.25. The fourth-order valence-corrected chi connectivity index (χ4v) is 5.62. The third kappa shape index (κ3) is 5.46. The van der Waals surface area contributed by atoms with Gasteiger partial charge in [0.2, 0.25) is 5.91 Å². The molecular formula is C29H23ClN6O4S. The van der Waals surface area contributed by atoms with Crippen LogP contribution in [0.5, 0.6) is 5.75 Å². The lowest BCUT2D eigenvalue weighted by molar-refractivity contribution is -0.128. The molecule has 2 aromatic carbocycles. The molecule has 2 aliphatic heterocycles. The summed E-state index contributed by atoms with van der Waals surface area (Å²) in [5.41, 5.74) is 3.03. The molecule has 2 aliphatic rings. The van der Waals surface area contributed by atoms with Gasteiger partial charge < -0.3 is 10.1 Å². The molecule has 0 spiro atoms. The number of amidine groups is 2. The summed E-state index contributed by atoms with van der Waals surface area (Å²) < 4.78 is 6.54. The van der Waals surface area contributed by atoms with Crippen LogP contribution in [0.2, 0.25) is 5.02 Å². The molecule has 4 aromatic rings. The number of hydrogen-bond acceptors (Lipinski definition) is 8. The zero-order chi connectivity index (χ0) is 28.5. The molecule has 6 rings (SSSR count). The van der Waals surface area contributed by atoms with Crippen molar-refractivity contribution in [1.82, 2.24) is 19.6 Å². The first-order valence-electron chi connectivity index (χ1n) is 12.7. The molecule has 1 N–H and O–H groups in total. The fraction of sp³-hybridized carbons (Fsp3) is 0.172. The minimum absolute atomic E-state index is 0.0966. The first-order valence-corrected chi connectivity index (χ1v) is 14.1. The maximum atomic E-state index is 13.6. The number of benzene rings is 2. The van der Waals surface area contributed by atoms with Crippen molar-refractivity contribution in [3.8, 4) is 5.75 Å². The largest absolute Gasteiger partial charge is 0.497 e. The van der Waals surface area contributed by atoms with Gasteiger partial charge >= 0.3 is 0 Å². The molecule has 4 heterocycles. The number of pyridine rings is 1. The van der Waals surface area contributed by atoms with Gasteiger partial charge in [-0.05, 0) is 42.0 Å². The summed E-state index contributed by atoms with van der Waals surface area (Å²) in [4.78, 5) is 54.3. The average Bonchev–Trinajstić information content (AvgIpc) is 3.31. The van der Waals surface area contributed by atoms with Crippen molar-refractivity contribution in [3.05, 3.63) is 105 Å². The molecule has 0 unspecified atom stereocenters. The number of aliphatic imine (C=N–C) groups is 2. The molecule has 2 amide bonds. The van der Waals surface area contributed by atoms with Crippen LogP contribution in [0.1, 0.15) is 23.2 Å². The highest BCUT2D eigenvalue weighted by Gasteiger charge is 2.42. The Labute approximate surface area is 243 Å². The summed E-state index contributed by atoms with van der Waals surface area (Å²) >= 11 is 7.29. The van der Waals surface area contributed by atoms with Gasteiger partial charge in [-0.1, -0.05) is 47.6 Å². The van der Waals surface area contributed by atoms with Crippen LogP contribution in [-0.4, -0.2) is 50.3 Å². The zero-order valence-corrected chi connectivity index (χ0v) is 23.4. The highest BCUT2D eigenvalue weighted by Crippen LogP contribution is 2.34. The monoisotopic (exact) mass is 586 g/mol. The van der Waals surface area contributed by atoms with Crippen molar-refractivity contribution in [3.63, 3.8) is 0 Å². The van der Waals surface area contributed by atoms with Crippen LogP contribution in [0, 0.1) is 0 Å². The van der Waals surface area contributed by atoms with Gasteiger partial charge in [-0.25, -0.2) is 14.9 Å². The van der Waals surface area contributed by atoms with Crippen molar-refractivity contribution in [1.29, 1.82) is 0 Å². The Morgan fingerprint density at radius 3 is 2.71 bits per heavy atom. The molecule has 2 aromatic heterocycles. The SMILES string of the molecule is COc1ccc(CNC(=O)C[C@@H]2N=C3c4ccccc4N=C(SCc4cc(=O)n5cc(Cl)ccc5n4)N3C2=O)cc1. The van der Waals surface area contributed by atoms with E-state index in [2.05, 4.69) is 15.3 Å². The molecule has 0 bridgehead atoms. The summed E-state index contributed by atoms with van der Waals surface area (Å²) in [6, 6.07) is 18.7. The van der Waals surface area contributed by atoms with Crippen LogP contribution in [0.15, 0.2) is 87.7 Å². The Hall–Kier alpha value is -4.48. The van der Waals surface area contributed by atoms with Gasteiger partial charge in [0.25, 0.3) is 11.5 Å². The van der Waals surface area contributed by atoms with Gasteiger partial charge in [0.1, 0.15) is 23.3 Å². The second-order valence-electron chi connectivity index (χ2n) is 9.33. The topological polar surface area (TPSA) is 118 Å². The first-order chi connectivity index (χ1) is 19.9. The predicted molar refractivity (Wildman–Crippen MR) is 158 cm³/mol. The molecule has 0 radical (unpaired) electrons. The molecule has 0 aliphatic carbocycles. The number of methoxy groups -OCH3 is 1. The Morgan fingerprint density at radius 1 is 1.10 bits per heavy atom. The van der Waals surface area contributed by atoms with Crippen molar-refractivity contribution in [2.75, 3.05) is 7.11 Å². The van der Waals surface area contributed by atoms with E-state index in [1.807, 2.05) is 48.5 Å². The number of amides is 2. The number of fused-ring (bicyclic) bond motifs is 4. The molecule has 0 fully saturated rings. The summed E-state index contributed by atoms with van der Waals surface area (Å²) in [5, 5.41) is 3.70. The zero-order valence-electron chi connectivity index (χ0n) is 21.8. The molecule has 0 saturated carbocycles. The lowest BCUT2D eigenvalue weighted by atomic mass is 10.1. The van der Waals surface area contributed by atoms with Gasteiger partial charge in [-0.15, -0.1) is 0 Å². The maximum Gasteiger partial charge on any atom is 0.259 e. The highest BCUT2D eigenvalue weighted by atomic mass is 35.5. The second-order valence-corrected chi connectivity index (χ2v) is 10.7. The smallest absolute Gasteiger partial charge is 0.259 e. The Kier molecular flexibility index (Phi) is 7.29. The number of para-hydroxylation sites is 1. The van der Waals surface area contributed by atoms with Crippen LogP contribution in [0.4, 0.5) is 5.69 Å². The van der Waals surface area contributed by atoms with Gasteiger partial charge in [0.05, 0.1) is 29.9 Å². The number of nitrogens with one attached hydrogen (secondary N) is 1. The fourth-order valence-electron chi connectivity index (χ4n) is 4.56.